The predicted octanol–water partition coefficient (Wildman–Crippen LogP) is 7.05. The fourth-order valence-corrected chi connectivity index (χ4v) is 9.38. The molecule has 0 atom stereocenters. The summed E-state index contributed by atoms with van der Waals surface area (Å²) in [6, 6.07) is 17.5. The molecule has 0 N–H and O–H groups in total. The molecule has 2 aliphatic rings. The number of fused-ring (bicyclic) bond motifs is 3. The van der Waals surface area contributed by atoms with E-state index in [4.69, 9.17) is 4.42 Å². The Labute approximate surface area is 184 Å². The third kappa shape index (κ3) is 2.59. The van der Waals surface area contributed by atoms with Gasteiger partial charge in [-0.3, -0.25) is 0 Å². The summed E-state index contributed by atoms with van der Waals surface area (Å²) in [6.07, 6.45) is 8.49. The molecule has 0 bridgehead atoms. The summed E-state index contributed by atoms with van der Waals surface area (Å²) in [7, 11) is 0.476. The van der Waals surface area contributed by atoms with E-state index in [0.29, 0.717) is 0 Å². The topological polar surface area (TPSA) is 17.0 Å². The maximum Gasteiger partial charge on any atom is 0.216 e. The molecule has 1 aliphatic heterocycles. The molecule has 0 radical (unpaired) electrons. The quantitative estimate of drug-likeness (QED) is 0.250. The molecule has 2 nitrogen and oxygen atoms in total. The highest BCUT2D eigenvalue weighted by Gasteiger charge is 2.40. The first kappa shape index (κ1) is 18.8. The van der Waals surface area contributed by atoms with Gasteiger partial charge in [0.05, 0.1) is 5.56 Å². The van der Waals surface area contributed by atoms with Crippen LogP contribution in [0.5, 0.6) is 0 Å². The van der Waals surface area contributed by atoms with Gasteiger partial charge in [0.25, 0.3) is 0 Å². The van der Waals surface area contributed by atoms with Crippen molar-refractivity contribution in [2.75, 3.05) is 0 Å². The highest BCUT2D eigenvalue weighted by molar-refractivity contribution is 7.01. The zero-order valence-electron chi connectivity index (χ0n) is 18.8. The van der Waals surface area contributed by atoms with Gasteiger partial charge in [-0.25, -0.2) is 4.57 Å². The van der Waals surface area contributed by atoms with Crippen molar-refractivity contribution in [2.24, 2.45) is 7.05 Å². The summed E-state index contributed by atoms with van der Waals surface area (Å²) in [4.78, 5) is 0. The van der Waals surface area contributed by atoms with Gasteiger partial charge in [-0.1, -0.05) is 60.3 Å². The van der Waals surface area contributed by atoms with Crippen molar-refractivity contribution in [3.05, 3.63) is 82.7 Å². The van der Waals surface area contributed by atoms with Crippen molar-refractivity contribution in [3.63, 3.8) is 0 Å². The van der Waals surface area contributed by atoms with Crippen LogP contribution in [-0.2, 0) is 7.05 Å². The fraction of sp³-hybridized carbons (Fsp3) is 0.250. The van der Waals surface area contributed by atoms with Crippen molar-refractivity contribution in [3.8, 4) is 11.3 Å². The molecule has 2 aromatic carbocycles. The number of nitrogens with zero attached hydrogens (tertiary/aromatic N) is 1. The fourth-order valence-electron chi connectivity index (χ4n) is 5.85. The highest BCUT2D eigenvalue weighted by atomic mass is 28.3. The Morgan fingerprint density at radius 2 is 1.74 bits per heavy atom. The predicted molar refractivity (Wildman–Crippen MR) is 131 cm³/mol. The van der Waals surface area contributed by atoms with Gasteiger partial charge in [0.2, 0.25) is 5.69 Å². The molecule has 1 aliphatic carbocycles. The molecular formula is C28H28NOSi+. The molecule has 0 amide bonds. The SMILES string of the molecule is Cc1ccc2c(oc3c(C4=CC5=C(CCC5)[Si]4(C)C)cccc32)c1-c1cccc[n+]1C. The Morgan fingerprint density at radius 3 is 2.55 bits per heavy atom. The van der Waals surface area contributed by atoms with Crippen LogP contribution >= 0.6 is 0 Å². The second kappa shape index (κ2) is 6.54. The van der Waals surface area contributed by atoms with Crippen LogP contribution < -0.4 is 4.57 Å². The first-order valence-corrected chi connectivity index (χ1v) is 14.3. The van der Waals surface area contributed by atoms with Gasteiger partial charge in [0, 0.05) is 28.5 Å². The van der Waals surface area contributed by atoms with E-state index in [2.05, 4.69) is 92.4 Å². The highest BCUT2D eigenvalue weighted by Crippen LogP contribution is 2.49. The minimum atomic E-state index is -1.63. The largest absolute Gasteiger partial charge is 0.455 e. The Hall–Kier alpha value is -2.91. The third-order valence-electron chi connectivity index (χ3n) is 7.48. The van der Waals surface area contributed by atoms with Crippen LogP contribution in [-0.4, -0.2) is 8.07 Å². The monoisotopic (exact) mass is 422 g/mol. The number of hydrogen-bond acceptors (Lipinski definition) is 1. The van der Waals surface area contributed by atoms with Crippen LogP contribution in [0.25, 0.3) is 38.4 Å². The van der Waals surface area contributed by atoms with Crippen molar-refractivity contribution in [1.29, 1.82) is 0 Å². The zero-order chi connectivity index (χ0) is 21.3. The average Bonchev–Trinajstić information content (AvgIpc) is 3.42. The molecule has 31 heavy (non-hydrogen) atoms. The van der Waals surface area contributed by atoms with Crippen LogP contribution in [0.15, 0.2) is 76.0 Å². The van der Waals surface area contributed by atoms with Crippen LogP contribution in [0.4, 0.5) is 0 Å². The molecule has 0 fully saturated rings. The number of rotatable bonds is 2. The van der Waals surface area contributed by atoms with E-state index in [-0.39, 0.29) is 0 Å². The molecular weight excluding hydrogens is 394 g/mol. The molecule has 0 unspecified atom stereocenters. The number of benzene rings is 2. The zero-order valence-corrected chi connectivity index (χ0v) is 19.8. The molecule has 0 saturated heterocycles. The number of para-hydroxylation sites is 1. The number of pyridine rings is 1. The lowest BCUT2D eigenvalue weighted by Gasteiger charge is -2.24. The molecule has 0 saturated carbocycles. The number of furan rings is 1. The number of aryl methyl sites for hydroxylation is 2. The van der Waals surface area contributed by atoms with Gasteiger partial charge in [-0.2, -0.15) is 0 Å². The van der Waals surface area contributed by atoms with E-state index in [1.807, 2.05) is 0 Å². The van der Waals surface area contributed by atoms with Crippen LogP contribution in [0.1, 0.15) is 30.4 Å². The smallest absolute Gasteiger partial charge is 0.216 e. The van der Waals surface area contributed by atoms with Gasteiger partial charge < -0.3 is 4.42 Å². The molecule has 3 heteroatoms. The maximum atomic E-state index is 6.78. The van der Waals surface area contributed by atoms with E-state index in [9.17, 15) is 0 Å². The Morgan fingerprint density at radius 1 is 0.903 bits per heavy atom. The van der Waals surface area contributed by atoms with Gasteiger partial charge >= 0.3 is 0 Å². The molecule has 0 spiro atoms. The standard InChI is InChI=1S/C28H28NOSi/c1-18-14-15-21-20-10-8-11-22(25-17-19-9-7-13-24(19)31(25,3)4)27(20)30-28(21)26(18)23-12-5-6-16-29(23)2/h5-6,8,10-12,14-17H,7,9,13H2,1-4H3/q+1. The summed E-state index contributed by atoms with van der Waals surface area (Å²) in [6.45, 7) is 7.22. The van der Waals surface area contributed by atoms with Crippen molar-refractivity contribution < 1.29 is 8.98 Å². The molecule has 2 aromatic heterocycles. The molecule has 154 valence electrons. The minimum absolute atomic E-state index is 1.00. The summed E-state index contributed by atoms with van der Waals surface area (Å²) in [5, 5.41) is 5.75. The molecule has 6 rings (SSSR count). The van der Waals surface area contributed by atoms with Gasteiger partial charge in [0.15, 0.2) is 6.20 Å². The van der Waals surface area contributed by atoms with Crippen LogP contribution in [0.3, 0.4) is 0 Å². The van der Waals surface area contributed by atoms with E-state index < -0.39 is 8.07 Å². The lowest BCUT2D eigenvalue weighted by Crippen LogP contribution is -2.30. The maximum absolute atomic E-state index is 6.78. The minimum Gasteiger partial charge on any atom is -0.455 e. The number of hydrogen-bond donors (Lipinski definition) is 0. The summed E-state index contributed by atoms with van der Waals surface area (Å²) < 4.78 is 8.96. The average molecular weight is 423 g/mol. The molecule has 4 aromatic rings. The third-order valence-corrected chi connectivity index (χ3v) is 11.3. The van der Waals surface area contributed by atoms with E-state index in [1.54, 1.807) is 16.0 Å². The van der Waals surface area contributed by atoms with Crippen LogP contribution in [0, 0.1) is 6.92 Å². The summed E-state index contributed by atoms with van der Waals surface area (Å²) in [5.41, 5.74) is 8.60. The Kier molecular flexibility index (Phi) is 3.97. The van der Waals surface area contributed by atoms with E-state index >= 15 is 0 Å². The first-order chi connectivity index (χ1) is 15.0. The van der Waals surface area contributed by atoms with Crippen molar-refractivity contribution in [2.45, 2.75) is 39.3 Å². The van der Waals surface area contributed by atoms with E-state index in [0.717, 1.165) is 11.2 Å². The van der Waals surface area contributed by atoms with Crippen molar-refractivity contribution in [1.82, 2.24) is 0 Å². The Bertz CT molecular complexity index is 1450. The number of aromatic nitrogens is 1. The first-order valence-electron chi connectivity index (χ1n) is 11.3. The van der Waals surface area contributed by atoms with E-state index in [1.165, 1.54) is 52.4 Å². The Balaban J connectivity index is 1.64. The second-order valence-corrected chi connectivity index (χ2v) is 14.0. The number of allylic oxidation sites excluding steroid dienone is 3. The molecule has 3 heterocycles. The summed E-state index contributed by atoms with van der Waals surface area (Å²) in [5.74, 6) is 0. The lowest BCUT2D eigenvalue weighted by atomic mass is 10.00. The lowest BCUT2D eigenvalue weighted by molar-refractivity contribution is -0.660. The second-order valence-electron chi connectivity index (χ2n) is 9.66. The normalized spacial score (nSPS) is 17.6. The van der Waals surface area contributed by atoms with Gasteiger partial charge in [-0.15, -0.1) is 0 Å². The van der Waals surface area contributed by atoms with Gasteiger partial charge in [-0.05, 0) is 43.0 Å². The summed E-state index contributed by atoms with van der Waals surface area (Å²) >= 11 is 0. The van der Waals surface area contributed by atoms with Crippen LogP contribution in [0.2, 0.25) is 13.1 Å². The van der Waals surface area contributed by atoms with Gasteiger partial charge in [0.1, 0.15) is 26.3 Å². The van der Waals surface area contributed by atoms with Crippen molar-refractivity contribution >= 4 is 35.2 Å².